The molecule has 0 saturated carbocycles. The Kier molecular flexibility index (Phi) is 1.53. The monoisotopic (exact) mass is 112 g/mol. The van der Waals surface area contributed by atoms with Gasteiger partial charge in [-0.1, -0.05) is 13.0 Å². The lowest BCUT2D eigenvalue weighted by Crippen LogP contribution is -2.21. The Morgan fingerprint density at radius 2 is 2.62 bits per heavy atom. The van der Waals surface area contributed by atoms with Crippen LogP contribution >= 0.6 is 0 Å². The molecule has 0 atom stereocenters. The highest BCUT2D eigenvalue weighted by atomic mass is 15.1. The molecule has 2 heteroatoms. The van der Waals surface area contributed by atoms with Crippen LogP contribution in [-0.2, 0) is 0 Å². The summed E-state index contributed by atoms with van der Waals surface area (Å²) in [6, 6.07) is 0. The molecule has 1 aliphatic rings. The molecule has 0 radical (unpaired) electrons. The summed E-state index contributed by atoms with van der Waals surface area (Å²) >= 11 is 0. The first-order valence-electron chi connectivity index (χ1n) is 2.99. The van der Waals surface area contributed by atoms with E-state index in [-0.39, 0.29) is 0 Å². The maximum absolute atomic E-state index is 5.52. The average molecular weight is 112 g/mol. The van der Waals surface area contributed by atoms with Gasteiger partial charge < -0.3 is 5.73 Å². The van der Waals surface area contributed by atoms with Crippen molar-refractivity contribution >= 4 is 0 Å². The van der Waals surface area contributed by atoms with Gasteiger partial charge in [0.1, 0.15) is 0 Å². The van der Waals surface area contributed by atoms with Crippen molar-refractivity contribution in [3.63, 3.8) is 0 Å². The normalized spacial score (nSPS) is 21.4. The molecule has 0 aliphatic carbocycles. The predicted molar refractivity (Wildman–Crippen MR) is 34.4 cm³/mol. The zero-order valence-corrected chi connectivity index (χ0v) is 5.22. The molecule has 1 rings (SSSR count). The maximum atomic E-state index is 5.52. The molecule has 0 spiro atoms. The van der Waals surface area contributed by atoms with Crippen molar-refractivity contribution in [3.05, 3.63) is 11.8 Å². The van der Waals surface area contributed by atoms with Gasteiger partial charge in [0.2, 0.25) is 0 Å². The van der Waals surface area contributed by atoms with Gasteiger partial charge in [0.25, 0.3) is 0 Å². The largest absolute Gasteiger partial charge is 0.401 e. The number of rotatable bonds is 1. The third-order valence-electron chi connectivity index (χ3n) is 1.47. The van der Waals surface area contributed by atoms with E-state index >= 15 is 0 Å². The van der Waals surface area contributed by atoms with Crippen LogP contribution in [0.3, 0.4) is 0 Å². The molecule has 0 unspecified atom stereocenters. The van der Waals surface area contributed by atoms with E-state index < -0.39 is 0 Å². The summed E-state index contributed by atoms with van der Waals surface area (Å²) < 4.78 is 0. The van der Waals surface area contributed by atoms with Crippen molar-refractivity contribution in [2.75, 3.05) is 19.6 Å². The van der Waals surface area contributed by atoms with Crippen molar-refractivity contribution in [2.24, 2.45) is 5.73 Å². The topological polar surface area (TPSA) is 29.3 Å². The third kappa shape index (κ3) is 1.01. The molecular formula is C6H12N2. The van der Waals surface area contributed by atoms with E-state index in [9.17, 15) is 0 Å². The first-order chi connectivity index (χ1) is 3.83. The minimum absolute atomic E-state index is 0.969. The summed E-state index contributed by atoms with van der Waals surface area (Å²) in [4.78, 5) is 2.29. The van der Waals surface area contributed by atoms with Crippen LogP contribution in [0.1, 0.15) is 6.92 Å². The Hall–Kier alpha value is -0.500. The van der Waals surface area contributed by atoms with E-state index in [2.05, 4.69) is 17.9 Å². The molecule has 0 fully saturated rings. The zero-order chi connectivity index (χ0) is 5.98. The number of hydrogen-bond donors (Lipinski definition) is 1. The van der Waals surface area contributed by atoms with E-state index in [4.69, 9.17) is 5.73 Å². The smallest absolute Gasteiger partial charge is 0.0380 e. The summed E-state index contributed by atoms with van der Waals surface area (Å²) in [5.74, 6) is 0. The number of nitrogens with two attached hydrogens (primary N) is 1. The van der Waals surface area contributed by atoms with Gasteiger partial charge in [-0.05, 0) is 6.54 Å². The van der Waals surface area contributed by atoms with Crippen LogP contribution in [-0.4, -0.2) is 24.5 Å². The van der Waals surface area contributed by atoms with E-state index in [0.717, 1.165) is 25.3 Å². The SMILES string of the molecule is CCN1CC=C(N)C1. The highest BCUT2D eigenvalue weighted by Gasteiger charge is 2.07. The van der Waals surface area contributed by atoms with Crippen LogP contribution in [0.15, 0.2) is 11.8 Å². The standard InChI is InChI=1S/C6H12N2/c1-2-8-4-3-6(7)5-8/h3H,2,4-5,7H2,1H3. The molecule has 0 amide bonds. The number of hydrogen-bond acceptors (Lipinski definition) is 2. The Balaban J connectivity index is 2.32. The fraction of sp³-hybridized carbons (Fsp3) is 0.667. The van der Waals surface area contributed by atoms with Gasteiger partial charge in [-0.2, -0.15) is 0 Å². The Bertz CT molecular complexity index is 107. The van der Waals surface area contributed by atoms with Crippen LogP contribution in [0, 0.1) is 0 Å². The van der Waals surface area contributed by atoms with E-state index in [1.807, 2.05) is 0 Å². The molecule has 0 saturated heterocycles. The summed E-state index contributed by atoms with van der Waals surface area (Å²) in [5.41, 5.74) is 6.54. The van der Waals surface area contributed by atoms with Gasteiger partial charge >= 0.3 is 0 Å². The van der Waals surface area contributed by atoms with Crippen LogP contribution in [0.5, 0.6) is 0 Å². The predicted octanol–water partition coefficient (Wildman–Crippen LogP) is 0.164. The van der Waals surface area contributed by atoms with Gasteiger partial charge in [-0.25, -0.2) is 0 Å². The lowest BCUT2D eigenvalue weighted by atomic mass is 10.5. The lowest BCUT2D eigenvalue weighted by molar-refractivity contribution is 0.368. The molecule has 2 nitrogen and oxygen atoms in total. The van der Waals surface area contributed by atoms with Crippen LogP contribution in [0.25, 0.3) is 0 Å². The second kappa shape index (κ2) is 2.18. The molecule has 8 heavy (non-hydrogen) atoms. The van der Waals surface area contributed by atoms with E-state index in [1.165, 1.54) is 0 Å². The van der Waals surface area contributed by atoms with Crippen LogP contribution < -0.4 is 5.73 Å². The van der Waals surface area contributed by atoms with Gasteiger partial charge in [-0.3, -0.25) is 4.90 Å². The molecule has 0 aromatic carbocycles. The van der Waals surface area contributed by atoms with E-state index in [0.29, 0.717) is 0 Å². The lowest BCUT2D eigenvalue weighted by Gasteiger charge is -2.09. The molecular weight excluding hydrogens is 100 g/mol. The van der Waals surface area contributed by atoms with Crippen molar-refractivity contribution in [3.8, 4) is 0 Å². The fourth-order valence-corrected chi connectivity index (χ4v) is 0.875. The summed E-state index contributed by atoms with van der Waals surface area (Å²) in [6.45, 7) is 5.27. The van der Waals surface area contributed by atoms with Gasteiger partial charge in [0, 0.05) is 18.8 Å². The summed E-state index contributed by atoms with van der Waals surface area (Å²) in [7, 11) is 0. The third-order valence-corrected chi connectivity index (χ3v) is 1.47. The highest BCUT2D eigenvalue weighted by molar-refractivity contribution is 5.06. The van der Waals surface area contributed by atoms with Crippen molar-refractivity contribution < 1.29 is 0 Å². The van der Waals surface area contributed by atoms with Gasteiger partial charge in [0.05, 0.1) is 0 Å². The fourth-order valence-electron chi connectivity index (χ4n) is 0.875. The van der Waals surface area contributed by atoms with Crippen molar-refractivity contribution in [1.29, 1.82) is 0 Å². The van der Waals surface area contributed by atoms with Crippen LogP contribution in [0.2, 0.25) is 0 Å². The van der Waals surface area contributed by atoms with Crippen molar-refractivity contribution in [1.82, 2.24) is 4.90 Å². The van der Waals surface area contributed by atoms with Gasteiger partial charge in [0.15, 0.2) is 0 Å². The van der Waals surface area contributed by atoms with E-state index in [1.54, 1.807) is 0 Å². The first kappa shape index (κ1) is 5.63. The number of likely N-dealkylation sites (N-methyl/N-ethyl adjacent to an activating group) is 1. The molecule has 0 bridgehead atoms. The first-order valence-corrected chi connectivity index (χ1v) is 2.99. The molecule has 1 aliphatic heterocycles. The summed E-state index contributed by atoms with van der Waals surface area (Å²) in [5, 5.41) is 0. The summed E-state index contributed by atoms with van der Waals surface area (Å²) in [6.07, 6.45) is 2.07. The second-order valence-electron chi connectivity index (χ2n) is 2.11. The van der Waals surface area contributed by atoms with Crippen LogP contribution in [0.4, 0.5) is 0 Å². The maximum Gasteiger partial charge on any atom is 0.0380 e. The zero-order valence-electron chi connectivity index (χ0n) is 5.22. The molecule has 2 N–H and O–H groups in total. The molecule has 0 aromatic heterocycles. The molecule has 0 aromatic rings. The Morgan fingerprint density at radius 1 is 1.88 bits per heavy atom. The minimum Gasteiger partial charge on any atom is -0.401 e. The second-order valence-corrected chi connectivity index (χ2v) is 2.11. The van der Waals surface area contributed by atoms with Crippen molar-refractivity contribution in [2.45, 2.75) is 6.92 Å². The van der Waals surface area contributed by atoms with Gasteiger partial charge in [-0.15, -0.1) is 0 Å². The average Bonchev–Trinajstić information content (AvgIpc) is 2.14. The molecule has 1 heterocycles. The quantitative estimate of drug-likeness (QED) is 0.523. The number of nitrogens with zero attached hydrogens (tertiary/aromatic N) is 1. The Labute approximate surface area is 50.0 Å². The highest BCUT2D eigenvalue weighted by Crippen LogP contribution is 2.01. The Morgan fingerprint density at radius 3 is 2.88 bits per heavy atom. The minimum atomic E-state index is 0.969. The molecule has 46 valence electrons.